The van der Waals surface area contributed by atoms with Gasteiger partial charge in [-0.25, -0.2) is 14.8 Å². The van der Waals surface area contributed by atoms with Gasteiger partial charge >= 0.3 is 11.9 Å². The Balaban J connectivity index is 1.66. The fourth-order valence-electron chi connectivity index (χ4n) is 4.83. The Morgan fingerprint density at radius 1 is 1.12 bits per heavy atom. The van der Waals surface area contributed by atoms with Gasteiger partial charge in [0.25, 0.3) is 5.78 Å². The number of thiazole rings is 1. The second kappa shape index (κ2) is 12.0. The first-order valence-electron chi connectivity index (χ1n) is 13.5. The number of benzene rings is 1. The lowest BCUT2D eigenvalue weighted by molar-refractivity contribution is -0.132. The Kier molecular flexibility index (Phi) is 8.21. The lowest BCUT2D eigenvalue weighted by Crippen LogP contribution is -2.29. The van der Waals surface area contributed by atoms with Crippen molar-refractivity contribution < 1.29 is 29.0 Å². The maximum absolute atomic E-state index is 13.7. The molecule has 0 saturated carbocycles. The number of fused-ring (bicyclic) bond motifs is 1. The largest absolute Gasteiger partial charge is 0.505 e. The number of pyridine rings is 1. The lowest BCUT2D eigenvalue weighted by atomic mass is 9.96. The van der Waals surface area contributed by atoms with Crippen molar-refractivity contribution >= 4 is 45.5 Å². The van der Waals surface area contributed by atoms with Gasteiger partial charge in [0.05, 0.1) is 29.6 Å². The molecule has 1 N–H and O–H groups in total. The normalized spacial score (nSPS) is 16.3. The molecule has 0 aliphatic carbocycles. The molecule has 1 saturated heterocycles. The third-order valence-electron chi connectivity index (χ3n) is 6.84. The zero-order valence-corrected chi connectivity index (χ0v) is 24.3. The number of aromatic nitrogens is 3. The molecule has 216 valence electrons. The van der Waals surface area contributed by atoms with Crippen molar-refractivity contribution in [3.8, 4) is 5.75 Å². The number of aryl methyl sites for hydroxylation is 2. The van der Waals surface area contributed by atoms with Crippen LogP contribution in [0.4, 0.5) is 5.13 Å². The van der Waals surface area contributed by atoms with Crippen molar-refractivity contribution in [3.05, 3.63) is 94.4 Å². The third-order valence-corrected chi connectivity index (χ3v) is 7.98. The summed E-state index contributed by atoms with van der Waals surface area (Å²) in [6.07, 6.45) is 5.07. The van der Waals surface area contributed by atoms with Crippen LogP contribution in [0.3, 0.4) is 0 Å². The quantitative estimate of drug-likeness (QED) is 0.0640. The fourth-order valence-corrected chi connectivity index (χ4v) is 5.81. The molecule has 1 amide bonds. The summed E-state index contributed by atoms with van der Waals surface area (Å²) in [5.74, 6) is -2.09. The molecule has 42 heavy (non-hydrogen) atoms. The van der Waals surface area contributed by atoms with Gasteiger partial charge in [-0.2, -0.15) is 0 Å². The predicted molar refractivity (Wildman–Crippen MR) is 159 cm³/mol. The van der Waals surface area contributed by atoms with Gasteiger partial charge in [-0.1, -0.05) is 55.5 Å². The Labute approximate surface area is 246 Å². The average Bonchev–Trinajstić information content (AvgIpc) is 3.62. The number of nitrogens with zero attached hydrogens (tertiary/aromatic N) is 4. The molecular weight excluding hydrogens is 556 g/mol. The Hall–Kier alpha value is -4.77. The summed E-state index contributed by atoms with van der Waals surface area (Å²) in [5.41, 5.74) is 2.15. The van der Waals surface area contributed by atoms with E-state index in [0.717, 1.165) is 24.2 Å². The molecule has 0 radical (unpaired) electrons. The van der Waals surface area contributed by atoms with E-state index in [-0.39, 0.29) is 27.9 Å². The summed E-state index contributed by atoms with van der Waals surface area (Å²) in [6.45, 7) is 9.55. The molecule has 10 nitrogen and oxygen atoms in total. The topological polar surface area (TPSA) is 123 Å². The molecule has 1 atom stereocenters. The second-order valence-electron chi connectivity index (χ2n) is 9.71. The number of aliphatic hydroxyl groups excluding tert-OH is 1. The average molecular weight is 587 g/mol. The molecule has 4 heterocycles. The van der Waals surface area contributed by atoms with Gasteiger partial charge in [-0.15, -0.1) is 0 Å². The molecule has 0 spiro atoms. The molecule has 1 aliphatic rings. The van der Waals surface area contributed by atoms with E-state index in [1.54, 1.807) is 60.8 Å². The zero-order chi connectivity index (χ0) is 30.0. The SMILES string of the molecule is C=CCOC(=O)c1sc(N2C(=O)C(=O)/C(=C(/O)c3c(C)nc4ccccn34)C2c2ccc(OCCCC)cc2)nc1C. The number of carbonyl (C=O) groups is 3. The van der Waals surface area contributed by atoms with E-state index in [2.05, 4.69) is 23.5 Å². The van der Waals surface area contributed by atoms with E-state index in [1.165, 1.54) is 11.0 Å². The highest BCUT2D eigenvalue weighted by atomic mass is 32.1. The first kappa shape index (κ1) is 28.7. The van der Waals surface area contributed by atoms with Crippen molar-refractivity contribution in [2.45, 2.75) is 39.7 Å². The maximum atomic E-state index is 13.7. The van der Waals surface area contributed by atoms with Crippen molar-refractivity contribution in [2.24, 2.45) is 0 Å². The smallest absolute Gasteiger partial charge is 0.350 e. The van der Waals surface area contributed by atoms with Gasteiger partial charge in [-0.05, 0) is 50.1 Å². The minimum Gasteiger partial charge on any atom is -0.505 e. The predicted octanol–water partition coefficient (Wildman–Crippen LogP) is 5.56. The highest BCUT2D eigenvalue weighted by molar-refractivity contribution is 7.17. The first-order valence-corrected chi connectivity index (χ1v) is 14.3. The molecular formula is C31H30N4O6S. The third kappa shape index (κ3) is 5.18. The van der Waals surface area contributed by atoms with Gasteiger partial charge in [-0.3, -0.25) is 18.9 Å². The number of ketones is 1. The van der Waals surface area contributed by atoms with Crippen LogP contribution in [0.25, 0.3) is 11.4 Å². The summed E-state index contributed by atoms with van der Waals surface area (Å²) in [5, 5.41) is 11.8. The van der Waals surface area contributed by atoms with Crippen molar-refractivity contribution in [3.63, 3.8) is 0 Å². The molecule has 1 fully saturated rings. The Bertz CT molecular complexity index is 1720. The maximum Gasteiger partial charge on any atom is 0.350 e. The Morgan fingerprint density at radius 2 is 1.88 bits per heavy atom. The van der Waals surface area contributed by atoms with Crippen LogP contribution in [0.2, 0.25) is 0 Å². The van der Waals surface area contributed by atoms with E-state index in [1.807, 2.05) is 6.07 Å². The van der Waals surface area contributed by atoms with Crippen LogP contribution < -0.4 is 9.64 Å². The number of imidazole rings is 1. The highest BCUT2D eigenvalue weighted by Crippen LogP contribution is 2.44. The van der Waals surface area contributed by atoms with E-state index < -0.39 is 23.7 Å². The summed E-state index contributed by atoms with van der Waals surface area (Å²) in [7, 11) is 0. The Morgan fingerprint density at radius 3 is 2.60 bits per heavy atom. The van der Waals surface area contributed by atoms with E-state index in [9.17, 15) is 19.5 Å². The molecule has 3 aromatic heterocycles. The number of esters is 1. The van der Waals surface area contributed by atoms with E-state index in [4.69, 9.17) is 9.47 Å². The lowest BCUT2D eigenvalue weighted by Gasteiger charge is -2.23. The van der Waals surface area contributed by atoms with Crippen LogP contribution in [0.15, 0.2) is 66.9 Å². The first-order chi connectivity index (χ1) is 20.3. The molecule has 5 rings (SSSR count). The fraction of sp³-hybridized carbons (Fsp3) is 0.258. The second-order valence-corrected chi connectivity index (χ2v) is 10.7. The van der Waals surface area contributed by atoms with Gasteiger partial charge in [0.1, 0.15) is 28.6 Å². The highest BCUT2D eigenvalue weighted by Gasteiger charge is 2.49. The molecule has 1 unspecified atom stereocenters. The summed E-state index contributed by atoms with van der Waals surface area (Å²) in [4.78, 5) is 50.4. The minimum atomic E-state index is -1.04. The van der Waals surface area contributed by atoms with Crippen LogP contribution in [-0.4, -0.2) is 50.3 Å². The number of hydrogen-bond donors (Lipinski definition) is 1. The van der Waals surface area contributed by atoms with Crippen LogP contribution in [0.1, 0.15) is 58.1 Å². The number of unbranched alkanes of at least 4 members (excludes halogenated alkanes) is 1. The van der Waals surface area contributed by atoms with Gasteiger partial charge < -0.3 is 14.6 Å². The van der Waals surface area contributed by atoms with Gasteiger partial charge in [0, 0.05) is 6.20 Å². The molecule has 1 aliphatic heterocycles. The molecule has 11 heteroatoms. The van der Waals surface area contributed by atoms with Crippen molar-refractivity contribution in [1.82, 2.24) is 14.4 Å². The van der Waals surface area contributed by atoms with Crippen LogP contribution in [0, 0.1) is 13.8 Å². The zero-order valence-electron chi connectivity index (χ0n) is 23.5. The van der Waals surface area contributed by atoms with Crippen molar-refractivity contribution in [1.29, 1.82) is 0 Å². The number of amides is 1. The summed E-state index contributed by atoms with van der Waals surface area (Å²) >= 11 is 0.940. The number of ether oxygens (including phenoxy) is 2. The monoisotopic (exact) mass is 586 g/mol. The van der Waals surface area contributed by atoms with Gasteiger partial charge in [0.15, 0.2) is 10.9 Å². The number of aliphatic hydroxyl groups is 1. The number of Topliss-reactive ketones (excluding diaryl/α,β-unsaturated/α-hetero) is 1. The van der Waals surface area contributed by atoms with Gasteiger partial charge in [0.2, 0.25) is 0 Å². The number of anilines is 1. The molecule has 0 bridgehead atoms. The summed E-state index contributed by atoms with van der Waals surface area (Å²) in [6, 6.07) is 11.4. The van der Waals surface area contributed by atoms with Crippen molar-refractivity contribution in [2.75, 3.05) is 18.1 Å². The number of carbonyl (C=O) groups excluding carboxylic acids is 3. The molecule has 4 aromatic rings. The minimum absolute atomic E-state index is 0.0152. The standard InChI is InChI=1S/C31H30N4O6S/c1-5-7-17-40-21-13-11-20(12-14-21)25-23(26(36)24-18(3)32-22-10-8-9-15-34(22)24)27(37)29(38)35(25)31-33-19(4)28(42-31)30(39)41-16-6-2/h6,8-15,25,36H,2,5,7,16-17H2,1,3-4H3/b26-23+. The van der Waals surface area contributed by atoms with Crippen LogP contribution in [-0.2, 0) is 14.3 Å². The number of rotatable bonds is 10. The van der Waals surface area contributed by atoms with Crippen LogP contribution in [0.5, 0.6) is 5.75 Å². The molecule has 1 aromatic carbocycles. The van der Waals surface area contributed by atoms with E-state index in [0.29, 0.717) is 40.6 Å². The van der Waals surface area contributed by atoms with E-state index >= 15 is 0 Å². The van der Waals surface area contributed by atoms with Crippen LogP contribution >= 0.6 is 11.3 Å². The summed E-state index contributed by atoms with van der Waals surface area (Å²) < 4.78 is 12.7. The number of hydrogen-bond acceptors (Lipinski definition) is 9.